The lowest BCUT2D eigenvalue weighted by atomic mass is 9.68. The Hall–Kier alpha value is -2.06. The van der Waals surface area contributed by atoms with E-state index in [2.05, 4.69) is 62.4 Å². The average Bonchev–Trinajstić information content (AvgIpc) is 2.90. The molecule has 0 saturated carbocycles. The Morgan fingerprint density at radius 1 is 0.744 bits per heavy atom. The van der Waals surface area contributed by atoms with Crippen molar-refractivity contribution in [3.63, 3.8) is 0 Å². The van der Waals surface area contributed by atoms with Crippen molar-refractivity contribution >= 4 is 24.8 Å². The standard InChI is InChI=1S/C30H48N2O5.2ClH/c1-22(2)30(21-32(3)4,24-19-27(35-7)29(37-9)28(20-24)36-8)15-11-17-31-16-10-12-23-13-14-25(33-5)26(18-23)34-6;;/h13-14,18-20,22,31H,10-12,15-17,21H2,1-9H3;2*1H. The van der Waals surface area contributed by atoms with Gasteiger partial charge in [-0.05, 0) is 94.2 Å². The van der Waals surface area contributed by atoms with Crippen LogP contribution in [0.5, 0.6) is 28.7 Å². The van der Waals surface area contributed by atoms with Gasteiger partial charge in [0.2, 0.25) is 5.75 Å². The third kappa shape index (κ3) is 9.82. The van der Waals surface area contributed by atoms with Crippen molar-refractivity contribution in [1.29, 1.82) is 0 Å². The molecule has 39 heavy (non-hydrogen) atoms. The molecule has 1 unspecified atom stereocenters. The van der Waals surface area contributed by atoms with Crippen molar-refractivity contribution < 1.29 is 23.7 Å². The van der Waals surface area contributed by atoms with E-state index in [0.29, 0.717) is 23.2 Å². The first kappa shape index (κ1) is 36.9. The van der Waals surface area contributed by atoms with E-state index < -0.39 is 0 Å². The van der Waals surface area contributed by atoms with Crippen molar-refractivity contribution in [3.8, 4) is 28.7 Å². The normalized spacial score (nSPS) is 12.3. The molecule has 0 bridgehead atoms. The third-order valence-electron chi connectivity index (χ3n) is 7.19. The van der Waals surface area contributed by atoms with E-state index in [1.165, 1.54) is 11.1 Å². The number of methoxy groups -OCH3 is 5. The van der Waals surface area contributed by atoms with Crippen LogP contribution in [0.25, 0.3) is 0 Å². The number of hydrogen-bond acceptors (Lipinski definition) is 7. The van der Waals surface area contributed by atoms with Crippen LogP contribution >= 0.6 is 24.8 Å². The maximum Gasteiger partial charge on any atom is 0.203 e. The Morgan fingerprint density at radius 3 is 1.79 bits per heavy atom. The topological polar surface area (TPSA) is 61.4 Å². The number of nitrogens with one attached hydrogen (secondary N) is 1. The van der Waals surface area contributed by atoms with Crippen LogP contribution in [0, 0.1) is 5.92 Å². The Labute approximate surface area is 248 Å². The summed E-state index contributed by atoms with van der Waals surface area (Å²) in [5.74, 6) is 4.01. The van der Waals surface area contributed by atoms with Gasteiger partial charge in [-0.25, -0.2) is 0 Å². The number of halogens is 2. The molecule has 0 heterocycles. The second-order valence-corrected chi connectivity index (χ2v) is 10.1. The molecule has 0 aliphatic carbocycles. The summed E-state index contributed by atoms with van der Waals surface area (Å²) < 4.78 is 27.7. The summed E-state index contributed by atoms with van der Waals surface area (Å²) >= 11 is 0. The Balaban J connectivity index is 0.00000722. The van der Waals surface area contributed by atoms with Gasteiger partial charge in [0, 0.05) is 12.0 Å². The summed E-state index contributed by atoms with van der Waals surface area (Å²) in [5, 5.41) is 3.65. The highest BCUT2D eigenvalue weighted by molar-refractivity contribution is 5.85. The molecule has 9 heteroatoms. The van der Waals surface area contributed by atoms with Crippen molar-refractivity contribution in [2.45, 2.75) is 44.9 Å². The Morgan fingerprint density at radius 2 is 1.31 bits per heavy atom. The van der Waals surface area contributed by atoms with Crippen molar-refractivity contribution in [1.82, 2.24) is 10.2 Å². The highest BCUT2D eigenvalue weighted by Gasteiger charge is 2.37. The second-order valence-electron chi connectivity index (χ2n) is 10.1. The Bertz CT molecular complexity index is 949. The molecule has 7 nitrogen and oxygen atoms in total. The lowest BCUT2D eigenvalue weighted by Gasteiger charge is -2.41. The van der Waals surface area contributed by atoms with Gasteiger partial charge in [-0.1, -0.05) is 19.9 Å². The predicted molar refractivity (Wildman–Crippen MR) is 166 cm³/mol. The van der Waals surface area contributed by atoms with E-state index in [4.69, 9.17) is 23.7 Å². The molecule has 2 aromatic carbocycles. The molecule has 2 rings (SSSR count). The largest absolute Gasteiger partial charge is 0.493 e. The minimum absolute atomic E-state index is 0. The number of ether oxygens (including phenoxy) is 5. The molecule has 0 fully saturated rings. The van der Waals surface area contributed by atoms with Gasteiger partial charge in [0.05, 0.1) is 35.5 Å². The first-order valence-corrected chi connectivity index (χ1v) is 13.1. The maximum atomic E-state index is 5.69. The van der Waals surface area contributed by atoms with E-state index >= 15 is 0 Å². The summed E-state index contributed by atoms with van der Waals surface area (Å²) in [6.45, 7) is 7.49. The third-order valence-corrected chi connectivity index (χ3v) is 7.19. The molecule has 1 N–H and O–H groups in total. The van der Waals surface area contributed by atoms with Crippen LogP contribution in [0.1, 0.15) is 44.2 Å². The predicted octanol–water partition coefficient (Wildman–Crippen LogP) is 6.03. The molecular formula is C30H50Cl2N2O5. The number of aryl methyl sites for hydroxylation is 1. The summed E-state index contributed by atoms with van der Waals surface area (Å²) in [6, 6.07) is 10.4. The van der Waals surface area contributed by atoms with E-state index in [-0.39, 0.29) is 30.2 Å². The van der Waals surface area contributed by atoms with Crippen LogP contribution in [0.2, 0.25) is 0 Å². The molecule has 0 radical (unpaired) electrons. The van der Waals surface area contributed by atoms with Gasteiger partial charge in [0.15, 0.2) is 23.0 Å². The van der Waals surface area contributed by atoms with Crippen LogP contribution < -0.4 is 29.0 Å². The fraction of sp³-hybridized carbons (Fsp3) is 0.600. The van der Waals surface area contributed by atoms with Crippen LogP contribution in [-0.2, 0) is 11.8 Å². The smallest absolute Gasteiger partial charge is 0.203 e. The maximum absolute atomic E-state index is 5.69. The number of benzene rings is 2. The second kappa shape index (κ2) is 18.3. The van der Waals surface area contributed by atoms with Crippen LogP contribution in [0.15, 0.2) is 30.3 Å². The van der Waals surface area contributed by atoms with Gasteiger partial charge in [-0.2, -0.15) is 0 Å². The molecule has 1 atom stereocenters. The van der Waals surface area contributed by atoms with E-state index in [1.807, 2.05) is 6.07 Å². The summed E-state index contributed by atoms with van der Waals surface area (Å²) in [6.07, 6.45) is 4.17. The highest BCUT2D eigenvalue weighted by atomic mass is 35.5. The summed E-state index contributed by atoms with van der Waals surface area (Å²) in [7, 11) is 12.6. The van der Waals surface area contributed by atoms with E-state index in [1.54, 1.807) is 35.5 Å². The van der Waals surface area contributed by atoms with Crippen molar-refractivity contribution in [3.05, 3.63) is 41.5 Å². The molecule has 0 spiro atoms. The van der Waals surface area contributed by atoms with Gasteiger partial charge >= 0.3 is 0 Å². The molecule has 2 aromatic rings. The van der Waals surface area contributed by atoms with Crippen molar-refractivity contribution in [2.24, 2.45) is 5.92 Å². The monoisotopic (exact) mass is 588 g/mol. The van der Waals surface area contributed by atoms with Crippen molar-refractivity contribution in [2.75, 3.05) is 69.3 Å². The number of nitrogens with zero attached hydrogens (tertiary/aromatic N) is 1. The fourth-order valence-electron chi connectivity index (χ4n) is 5.16. The van der Waals surface area contributed by atoms with Gasteiger partial charge in [-0.3, -0.25) is 0 Å². The number of hydrogen-bond donors (Lipinski definition) is 1. The minimum Gasteiger partial charge on any atom is -0.493 e. The van der Waals surface area contributed by atoms with Gasteiger partial charge < -0.3 is 33.9 Å². The van der Waals surface area contributed by atoms with Crippen LogP contribution in [0.3, 0.4) is 0 Å². The van der Waals surface area contributed by atoms with Gasteiger partial charge in [0.25, 0.3) is 0 Å². The SMILES string of the molecule is COc1ccc(CCCNCCCC(CN(C)C)(c2cc(OC)c(OC)c(OC)c2)C(C)C)cc1OC.Cl.Cl. The first-order valence-electron chi connectivity index (χ1n) is 13.1. The molecule has 224 valence electrons. The molecule has 0 aliphatic rings. The fourth-order valence-corrected chi connectivity index (χ4v) is 5.16. The quantitative estimate of drug-likeness (QED) is 0.226. The molecule has 0 saturated heterocycles. The molecule has 0 aliphatic heterocycles. The Kier molecular flexibility index (Phi) is 17.4. The van der Waals surface area contributed by atoms with Gasteiger partial charge in [-0.15, -0.1) is 24.8 Å². The summed E-state index contributed by atoms with van der Waals surface area (Å²) in [5.41, 5.74) is 2.42. The van der Waals surface area contributed by atoms with Crippen LogP contribution in [-0.4, -0.2) is 74.2 Å². The zero-order valence-electron chi connectivity index (χ0n) is 25.2. The number of rotatable bonds is 17. The van der Waals surface area contributed by atoms with E-state index in [0.717, 1.165) is 56.8 Å². The molecular weight excluding hydrogens is 539 g/mol. The summed E-state index contributed by atoms with van der Waals surface area (Å²) in [4.78, 5) is 2.28. The average molecular weight is 590 g/mol. The lowest BCUT2D eigenvalue weighted by molar-refractivity contribution is 0.198. The first-order chi connectivity index (χ1) is 17.8. The van der Waals surface area contributed by atoms with Gasteiger partial charge in [0.1, 0.15) is 0 Å². The van der Waals surface area contributed by atoms with Crippen LogP contribution in [0.4, 0.5) is 0 Å². The molecule has 0 aromatic heterocycles. The minimum atomic E-state index is -0.0579. The zero-order valence-corrected chi connectivity index (χ0v) is 26.9. The zero-order chi connectivity index (χ0) is 27.4. The lowest BCUT2D eigenvalue weighted by Crippen LogP contribution is -2.42. The number of likely N-dealkylation sites (N-methyl/N-ethyl adjacent to an activating group) is 1. The van der Waals surface area contributed by atoms with E-state index in [9.17, 15) is 0 Å². The highest BCUT2D eigenvalue weighted by Crippen LogP contribution is 2.45. The molecule has 0 amide bonds.